The number of nitrogens with two attached hydrogens (primary N) is 1. The quantitative estimate of drug-likeness (QED) is 0.637. The molecule has 1 aromatic carbocycles. The topological polar surface area (TPSA) is 101 Å². The molecule has 3 N–H and O–H groups in total. The zero-order valence-electron chi connectivity index (χ0n) is 15.7. The number of hydrogen-bond acceptors (Lipinski definition) is 5. The van der Waals surface area contributed by atoms with Gasteiger partial charge in [-0.15, -0.1) is 0 Å². The lowest BCUT2D eigenvalue weighted by Gasteiger charge is -2.35. The molecule has 156 valence electrons. The summed E-state index contributed by atoms with van der Waals surface area (Å²) in [4.78, 5) is 23.1. The number of nitrogens with zero attached hydrogens (tertiary/aromatic N) is 4. The number of carbonyl (C=O) groups is 1. The van der Waals surface area contributed by atoms with Gasteiger partial charge in [0.1, 0.15) is 0 Å². The zero-order valence-corrected chi connectivity index (χ0v) is 16.4. The summed E-state index contributed by atoms with van der Waals surface area (Å²) in [5, 5.41) is 6.14. The van der Waals surface area contributed by atoms with Gasteiger partial charge in [-0.2, -0.15) is 18.3 Å². The number of anilines is 1. The molecular formula is C19H16ClF3N6O. The second kappa shape index (κ2) is 7.28. The highest BCUT2D eigenvalue weighted by Gasteiger charge is 2.37. The van der Waals surface area contributed by atoms with Crippen LogP contribution in [0.1, 0.15) is 34.1 Å². The van der Waals surface area contributed by atoms with Gasteiger partial charge < -0.3 is 10.6 Å². The molecule has 2 aromatic heterocycles. The molecule has 1 aliphatic rings. The van der Waals surface area contributed by atoms with E-state index in [1.165, 1.54) is 17.0 Å². The van der Waals surface area contributed by atoms with Crippen LogP contribution in [0.3, 0.4) is 0 Å². The number of hydrogen-bond donors (Lipinski definition) is 2. The molecule has 1 atom stereocenters. The van der Waals surface area contributed by atoms with Crippen molar-refractivity contribution in [2.24, 2.45) is 0 Å². The third-order valence-corrected chi connectivity index (χ3v) is 5.42. The van der Waals surface area contributed by atoms with Gasteiger partial charge in [-0.1, -0.05) is 17.7 Å². The van der Waals surface area contributed by atoms with Crippen molar-refractivity contribution in [3.63, 3.8) is 0 Å². The van der Waals surface area contributed by atoms with Crippen LogP contribution in [0.25, 0.3) is 11.4 Å². The summed E-state index contributed by atoms with van der Waals surface area (Å²) in [6.45, 7) is 1.87. The predicted molar refractivity (Wildman–Crippen MR) is 104 cm³/mol. The van der Waals surface area contributed by atoms with Crippen LogP contribution in [0.15, 0.2) is 30.5 Å². The van der Waals surface area contributed by atoms with E-state index >= 15 is 0 Å². The molecule has 1 amide bonds. The van der Waals surface area contributed by atoms with Crippen molar-refractivity contribution in [2.45, 2.75) is 32.1 Å². The fourth-order valence-corrected chi connectivity index (χ4v) is 3.88. The Hall–Kier alpha value is -3.14. The second-order valence-electron chi connectivity index (χ2n) is 6.98. The molecule has 1 aliphatic heterocycles. The summed E-state index contributed by atoms with van der Waals surface area (Å²) in [5.74, 6) is -0.582. The van der Waals surface area contributed by atoms with E-state index < -0.39 is 22.7 Å². The summed E-state index contributed by atoms with van der Waals surface area (Å²) in [5.41, 5.74) is 7.17. The number of nitrogen functional groups attached to an aromatic ring is 1. The average Bonchev–Trinajstić information content (AvgIpc) is 3.20. The highest BCUT2D eigenvalue weighted by atomic mass is 35.5. The molecule has 3 aromatic rings. The van der Waals surface area contributed by atoms with Gasteiger partial charge in [0.2, 0.25) is 5.95 Å². The summed E-state index contributed by atoms with van der Waals surface area (Å²) in [6.07, 6.45) is -2.68. The summed E-state index contributed by atoms with van der Waals surface area (Å²) in [6, 6.07) is 4.71. The van der Waals surface area contributed by atoms with Gasteiger partial charge in [-0.05, 0) is 31.5 Å². The number of H-pyrrole nitrogens is 1. The predicted octanol–water partition coefficient (Wildman–Crippen LogP) is 3.71. The van der Waals surface area contributed by atoms with E-state index in [2.05, 4.69) is 20.2 Å². The SMILES string of the molecule is C[C@@H]1Cc2c(nc(N)nc2-c2ccn[nH]2)CN1C(=O)c1cccc(C(F)(F)F)c1Cl. The number of fused-ring (bicyclic) bond motifs is 1. The van der Waals surface area contributed by atoms with Crippen LogP contribution in [0.5, 0.6) is 0 Å². The van der Waals surface area contributed by atoms with Crippen LogP contribution in [-0.4, -0.2) is 37.0 Å². The van der Waals surface area contributed by atoms with E-state index in [4.69, 9.17) is 17.3 Å². The van der Waals surface area contributed by atoms with Crippen LogP contribution in [0.4, 0.5) is 19.1 Å². The molecule has 0 bridgehead atoms. The Morgan fingerprint density at radius 3 is 2.73 bits per heavy atom. The number of halogens is 4. The number of benzene rings is 1. The van der Waals surface area contributed by atoms with Crippen molar-refractivity contribution < 1.29 is 18.0 Å². The highest BCUT2D eigenvalue weighted by Crippen LogP contribution is 2.37. The van der Waals surface area contributed by atoms with E-state index in [1.807, 2.05) is 0 Å². The third-order valence-electron chi connectivity index (χ3n) is 5.01. The van der Waals surface area contributed by atoms with Crippen LogP contribution >= 0.6 is 11.6 Å². The maximum Gasteiger partial charge on any atom is 0.417 e. The first-order valence-electron chi connectivity index (χ1n) is 8.98. The van der Waals surface area contributed by atoms with E-state index in [0.717, 1.165) is 11.6 Å². The van der Waals surface area contributed by atoms with Crippen LogP contribution < -0.4 is 5.73 Å². The van der Waals surface area contributed by atoms with Gasteiger partial charge in [0, 0.05) is 17.8 Å². The van der Waals surface area contributed by atoms with Gasteiger partial charge in [0.15, 0.2) is 0 Å². The minimum Gasteiger partial charge on any atom is -0.368 e. The van der Waals surface area contributed by atoms with Crippen LogP contribution in [0, 0.1) is 0 Å². The molecule has 0 saturated heterocycles. The lowest BCUT2D eigenvalue weighted by Crippen LogP contribution is -2.43. The molecular weight excluding hydrogens is 421 g/mol. The number of aromatic nitrogens is 4. The monoisotopic (exact) mass is 436 g/mol. The number of amides is 1. The fraction of sp³-hybridized carbons (Fsp3) is 0.263. The van der Waals surface area contributed by atoms with Gasteiger partial charge >= 0.3 is 6.18 Å². The Bertz CT molecular complexity index is 1120. The van der Waals surface area contributed by atoms with Crippen molar-refractivity contribution in [3.8, 4) is 11.4 Å². The first-order valence-corrected chi connectivity index (χ1v) is 9.36. The maximum absolute atomic E-state index is 13.2. The Kier molecular flexibility index (Phi) is 4.89. The van der Waals surface area contributed by atoms with E-state index in [-0.39, 0.29) is 24.1 Å². The summed E-state index contributed by atoms with van der Waals surface area (Å²) < 4.78 is 39.5. The van der Waals surface area contributed by atoms with E-state index in [1.54, 1.807) is 19.2 Å². The Labute approximate surface area is 174 Å². The highest BCUT2D eigenvalue weighted by molar-refractivity contribution is 6.34. The lowest BCUT2D eigenvalue weighted by atomic mass is 9.95. The normalized spacial score (nSPS) is 16.4. The zero-order chi connectivity index (χ0) is 21.6. The molecule has 0 saturated carbocycles. The number of nitrogens with one attached hydrogen (secondary N) is 1. The number of rotatable bonds is 2. The maximum atomic E-state index is 13.2. The molecule has 11 heteroatoms. The van der Waals surface area contributed by atoms with Gasteiger partial charge in [0.25, 0.3) is 5.91 Å². The second-order valence-corrected chi connectivity index (χ2v) is 7.36. The van der Waals surface area contributed by atoms with Crippen LogP contribution in [0.2, 0.25) is 5.02 Å². The minimum absolute atomic E-state index is 0.0254. The largest absolute Gasteiger partial charge is 0.417 e. The first kappa shape index (κ1) is 20.1. The Balaban J connectivity index is 1.72. The van der Waals surface area contributed by atoms with Crippen molar-refractivity contribution in [1.82, 2.24) is 25.1 Å². The average molecular weight is 437 g/mol. The fourth-order valence-electron chi connectivity index (χ4n) is 3.57. The molecule has 0 spiro atoms. The Morgan fingerprint density at radius 2 is 2.07 bits per heavy atom. The molecule has 7 nitrogen and oxygen atoms in total. The lowest BCUT2D eigenvalue weighted by molar-refractivity contribution is -0.137. The van der Waals surface area contributed by atoms with E-state index in [0.29, 0.717) is 23.5 Å². The molecule has 30 heavy (non-hydrogen) atoms. The van der Waals surface area contributed by atoms with Gasteiger partial charge in [0.05, 0.1) is 39.8 Å². The molecule has 4 rings (SSSR count). The third kappa shape index (κ3) is 3.47. The van der Waals surface area contributed by atoms with Crippen LogP contribution in [-0.2, 0) is 19.1 Å². The van der Waals surface area contributed by atoms with Gasteiger partial charge in [-0.3, -0.25) is 9.89 Å². The number of carbonyl (C=O) groups excluding carboxylic acids is 1. The number of alkyl halides is 3. The number of aromatic amines is 1. The van der Waals surface area contributed by atoms with Crippen molar-refractivity contribution in [2.75, 3.05) is 5.73 Å². The van der Waals surface area contributed by atoms with Crippen molar-refractivity contribution in [1.29, 1.82) is 0 Å². The Morgan fingerprint density at radius 1 is 1.30 bits per heavy atom. The molecule has 0 aliphatic carbocycles. The van der Waals surface area contributed by atoms with Gasteiger partial charge in [-0.25, -0.2) is 9.97 Å². The molecule has 0 fully saturated rings. The summed E-state index contributed by atoms with van der Waals surface area (Å²) >= 11 is 5.95. The molecule has 3 heterocycles. The van der Waals surface area contributed by atoms with E-state index in [9.17, 15) is 18.0 Å². The smallest absolute Gasteiger partial charge is 0.368 e. The standard InChI is InChI=1S/C19H16ClF3N6O/c1-9-7-11-14(26-18(24)27-16(11)13-5-6-25-28-13)8-29(9)17(30)10-3-2-4-12(15(10)20)19(21,22)23/h2-6,9H,7-8H2,1H3,(H,25,28)(H2,24,26,27)/t9-/m1/s1. The molecule has 0 unspecified atom stereocenters. The van der Waals surface area contributed by atoms with Crippen molar-refractivity contribution in [3.05, 3.63) is 57.9 Å². The van der Waals surface area contributed by atoms with Crippen molar-refractivity contribution >= 4 is 23.5 Å². The minimum atomic E-state index is -4.66. The molecule has 0 radical (unpaired) electrons. The first-order chi connectivity index (χ1) is 14.2. The summed E-state index contributed by atoms with van der Waals surface area (Å²) in [7, 11) is 0.